The van der Waals surface area contributed by atoms with E-state index < -0.39 is 0 Å². The van der Waals surface area contributed by atoms with Crippen LogP contribution < -0.4 is 4.90 Å². The molecule has 134 valence electrons. The van der Waals surface area contributed by atoms with Gasteiger partial charge >= 0.3 is 0 Å². The molecule has 0 N–H and O–H groups in total. The van der Waals surface area contributed by atoms with Crippen molar-refractivity contribution in [3.8, 4) is 10.6 Å². The molecule has 0 atom stereocenters. The lowest BCUT2D eigenvalue weighted by molar-refractivity contribution is 0.0752. The molecule has 0 aliphatic rings. The standard InChI is InChI=1S/C19H21N5OS/c1-4-24(13-14-9-11-20-12-10-14)18(25)16-7-5-15(6-8-16)17-21-19(22-26-17)23(2)3/h5-12H,4,13H2,1-3H3. The van der Waals surface area contributed by atoms with E-state index in [2.05, 4.69) is 14.3 Å². The number of rotatable bonds is 6. The van der Waals surface area contributed by atoms with Gasteiger partial charge in [-0.15, -0.1) is 0 Å². The number of pyridine rings is 1. The maximum atomic E-state index is 12.8. The summed E-state index contributed by atoms with van der Waals surface area (Å²) < 4.78 is 4.31. The Balaban J connectivity index is 1.74. The molecule has 1 aromatic carbocycles. The quantitative estimate of drug-likeness (QED) is 0.669. The van der Waals surface area contributed by atoms with Crippen LogP contribution in [0.3, 0.4) is 0 Å². The Morgan fingerprint density at radius 2 is 1.77 bits per heavy atom. The van der Waals surface area contributed by atoms with Gasteiger partial charge in [0.2, 0.25) is 5.95 Å². The van der Waals surface area contributed by atoms with Crippen LogP contribution >= 0.6 is 11.5 Å². The Bertz CT molecular complexity index is 861. The van der Waals surface area contributed by atoms with Crippen LogP contribution in [0, 0.1) is 0 Å². The zero-order valence-electron chi connectivity index (χ0n) is 15.1. The molecule has 0 fully saturated rings. The number of carbonyl (C=O) groups is 1. The molecule has 3 rings (SSSR count). The fourth-order valence-electron chi connectivity index (χ4n) is 2.49. The third-order valence-corrected chi connectivity index (χ3v) is 4.74. The van der Waals surface area contributed by atoms with Crippen molar-refractivity contribution in [3.05, 3.63) is 59.9 Å². The van der Waals surface area contributed by atoms with Crippen LogP contribution in [0.1, 0.15) is 22.8 Å². The molecule has 0 aliphatic heterocycles. The third-order valence-electron chi connectivity index (χ3n) is 3.99. The second kappa shape index (κ2) is 8.05. The summed E-state index contributed by atoms with van der Waals surface area (Å²) in [5, 5.41) is 0.844. The average Bonchev–Trinajstić information content (AvgIpc) is 3.17. The molecule has 0 spiro atoms. The van der Waals surface area contributed by atoms with Crippen LogP contribution in [0.2, 0.25) is 0 Å². The molecule has 0 radical (unpaired) electrons. The molecule has 0 unspecified atom stereocenters. The number of amides is 1. The molecular weight excluding hydrogens is 346 g/mol. The van der Waals surface area contributed by atoms with E-state index in [1.165, 1.54) is 11.5 Å². The Hall–Kier alpha value is -2.80. The van der Waals surface area contributed by atoms with E-state index in [-0.39, 0.29) is 5.91 Å². The van der Waals surface area contributed by atoms with Gasteiger partial charge in [0.15, 0.2) is 0 Å². The first-order valence-electron chi connectivity index (χ1n) is 8.38. The van der Waals surface area contributed by atoms with Gasteiger partial charge in [0, 0.05) is 50.7 Å². The number of hydrogen-bond donors (Lipinski definition) is 0. The number of aromatic nitrogens is 3. The number of nitrogens with zero attached hydrogens (tertiary/aromatic N) is 5. The highest BCUT2D eigenvalue weighted by molar-refractivity contribution is 7.09. The van der Waals surface area contributed by atoms with E-state index in [1.54, 1.807) is 12.4 Å². The topological polar surface area (TPSA) is 62.2 Å². The predicted molar refractivity (Wildman–Crippen MR) is 104 cm³/mol. The zero-order chi connectivity index (χ0) is 18.5. The molecule has 3 aromatic rings. The molecule has 2 aromatic heterocycles. The van der Waals surface area contributed by atoms with E-state index in [4.69, 9.17) is 0 Å². The van der Waals surface area contributed by atoms with E-state index in [0.29, 0.717) is 24.6 Å². The minimum atomic E-state index is 0.0158. The van der Waals surface area contributed by atoms with Gasteiger partial charge in [-0.05, 0) is 48.3 Å². The van der Waals surface area contributed by atoms with Gasteiger partial charge in [0.1, 0.15) is 5.01 Å². The van der Waals surface area contributed by atoms with Crippen LogP contribution in [0.5, 0.6) is 0 Å². The van der Waals surface area contributed by atoms with Gasteiger partial charge in [-0.2, -0.15) is 9.36 Å². The molecule has 0 aliphatic carbocycles. The van der Waals surface area contributed by atoms with Crippen LogP contribution in [-0.4, -0.2) is 45.8 Å². The molecule has 0 saturated carbocycles. The van der Waals surface area contributed by atoms with Crippen molar-refractivity contribution < 1.29 is 4.79 Å². The fourth-order valence-corrected chi connectivity index (χ4v) is 3.22. The van der Waals surface area contributed by atoms with Gasteiger partial charge in [0.25, 0.3) is 5.91 Å². The fraction of sp³-hybridized carbons (Fsp3) is 0.263. The smallest absolute Gasteiger partial charge is 0.254 e. The van der Waals surface area contributed by atoms with Gasteiger partial charge in [-0.3, -0.25) is 9.78 Å². The molecule has 0 bridgehead atoms. The van der Waals surface area contributed by atoms with Crippen molar-refractivity contribution in [2.75, 3.05) is 25.5 Å². The molecule has 26 heavy (non-hydrogen) atoms. The highest BCUT2D eigenvalue weighted by atomic mass is 32.1. The summed E-state index contributed by atoms with van der Waals surface area (Å²) in [6.07, 6.45) is 3.49. The number of benzene rings is 1. The van der Waals surface area contributed by atoms with Gasteiger partial charge in [-0.1, -0.05) is 12.1 Å². The van der Waals surface area contributed by atoms with Crippen molar-refractivity contribution in [2.45, 2.75) is 13.5 Å². The molecule has 0 saturated heterocycles. The lowest BCUT2D eigenvalue weighted by Gasteiger charge is -2.21. The third kappa shape index (κ3) is 4.05. The summed E-state index contributed by atoms with van der Waals surface area (Å²) in [5.41, 5.74) is 2.70. The second-order valence-electron chi connectivity index (χ2n) is 6.05. The van der Waals surface area contributed by atoms with Crippen molar-refractivity contribution in [3.63, 3.8) is 0 Å². The van der Waals surface area contributed by atoms with E-state index >= 15 is 0 Å². The van der Waals surface area contributed by atoms with E-state index in [1.807, 2.05) is 67.2 Å². The second-order valence-corrected chi connectivity index (χ2v) is 6.80. The first-order chi connectivity index (χ1) is 12.6. The summed E-state index contributed by atoms with van der Waals surface area (Å²) in [4.78, 5) is 25.0. The average molecular weight is 367 g/mol. The number of carbonyl (C=O) groups excluding carboxylic acids is 1. The maximum absolute atomic E-state index is 12.8. The van der Waals surface area contributed by atoms with Crippen molar-refractivity contribution in [2.24, 2.45) is 0 Å². The highest BCUT2D eigenvalue weighted by Gasteiger charge is 2.15. The van der Waals surface area contributed by atoms with Crippen LogP contribution in [0.4, 0.5) is 5.95 Å². The van der Waals surface area contributed by atoms with Crippen LogP contribution in [0.15, 0.2) is 48.8 Å². The predicted octanol–water partition coefficient (Wildman–Crippen LogP) is 3.33. The normalized spacial score (nSPS) is 10.6. The minimum Gasteiger partial charge on any atom is -0.346 e. The van der Waals surface area contributed by atoms with Crippen molar-refractivity contribution in [1.82, 2.24) is 19.2 Å². The minimum absolute atomic E-state index is 0.0158. The van der Waals surface area contributed by atoms with Gasteiger partial charge < -0.3 is 9.80 Å². The molecule has 7 heteroatoms. The summed E-state index contributed by atoms with van der Waals surface area (Å²) in [6.45, 7) is 3.20. The van der Waals surface area contributed by atoms with Crippen LogP contribution in [0.25, 0.3) is 10.6 Å². The number of anilines is 1. The molecule has 2 heterocycles. The molecule has 6 nitrogen and oxygen atoms in total. The monoisotopic (exact) mass is 367 g/mol. The maximum Gasteiger partial charge on any atom is 0.254 e. The van der Waals surface area contributed by atoms with Crippen LogP contribution in [-0.2, 0) is 6.54 Å². The largest absolute Gasteiger partial charge is 0.346 e. The van der Waals surface area contributed by atoms with Crippen molar-refractivity contribution in [1.29, 1.82) is 0 Å². The first kappa shape index (κ1) is 18.0. The Labute approximate surface area is 157 Å². The molecule has 1 amide bonds. The lowest BCUT2D eigenvalue weighted by atomic mass is 10.1. The highest BCUT2D eigenvalue weighted by Crippen LogP contribution is 2.24. The van der Waals surface area contributed by atoms with Gasteiger partial charge in [-0.25, -0.2) is 0 Å². The Morgan fingerprint density at radius 1 is 1.08 bits per heavy atom. The Morgan fingerprint density at radius 3 is 2.35 bits per heavy atom. The summed E-state index contributed by atoms with van der Waals surface area (Å²) in [6, 6.07) is 11.4. The zero-order valence-corrected chi connectivity index (χ0v) is 15.9. The lowest BCUT2D eigenvalue weighted by Crippen LogP contribution is -2.30. The van der Waals surface area contributed by atoms with Gasteiger partial charge in [0.05, 0.1) is 0 Å². The summed E-state index contributed by atoms with van der Waals surface area (Å²) >= 11 is 1.35. The van der Waals surface area contributed by atoms with E-state index in [0.717, 1.165) is 16.1 Å². The SMILES string of the molecule is CCN(Cc1ccncc1)C(=O)c1ccc(-c2nc(N(C)C)ns2)cc1. The van der Waals surface area contributed by atoms with E-state index in [9.17, 15) is 4.79 Å². The summed E-state index contributed by atoms with van der Waals surface area (Å²) in [5.74, 6) is 0.710. The Kier molecular flexibility index (Phi) is 5.58. The summed E-state index contributed by atoms with van der Waals surface area (Å²) in [7, 11) is 3.82. The number of hydrogen-bond acceptors (Lipinski definition) is 6. The van der Waals surface area contributed by atoms with Crippen molar-refractivity contribution >= 4 is 23.4 Å². The molecular formula is C19H21N5OS. The first-order valence-corrected chi connectivity index (χ1v) is 9.15.